The summed E-state index contributed by atoms with van der Waals surface area (Å²) >= 11 is 0. The summed E-state index contributed by atoms with van der Waals surface area (Å²) in [5.74, 6) is -0.0505. The van der Waals surface area contributed by atoms with E-state index in [0.29, 0.717) is 12.0 Å². The summed E-state index contributed by atoms with van der Waals surface area (Å²) in [6, 6.07) is 4.67. The van der Waals surface area contributed by atoms with Crippen LogP contribution in [0, 0.1) is 0 Å². The van der Waals surface area contributed by atoms with Gasteiger partial charge in [-0.15, -0.1) is 0 Å². The van der Waals surface area contributed by atoms with Gasteiger partial charge in [0.25, 0.3) is 0 Å². The molecule has 1 atom stereocenters. The van der Waals surface area contributed by atoms with Crippen molar-refractivity contribution in [2.45, 2.75) is 25.4 Å². The molecule has 0 saturated carbocycles. The van der Waals surface area contributed by atoms with Crippen molar-refractivity contribution < 1.29 is 15.0 Å². The van der Waals surface area contributed by atoms with Crippen LogP contribution in [-0.2, 0) is 6.42 Å². The molecule has 1 aliphatic carbocycles. The Bertz CT molecular complexity index is 371. The van der Waals surface area contributed by atoms with Crippen molar-refractivity contribution in [3.63, 3.8) is 0 Å². The number of aliphatic hydroxyl groups is 1. The van der Waals surface area contributed by atoms with Crippen molar-refractivity contribution in [1.82, 2.24) is 0 Å². The minimum absolute atomic E-state index is 0.174. The molecule has 0 spiro atoms. The average Bonchev–Trinajstić information content (AvgIpc) is 2.28. The topological polar surface area (TPSA) is 57.5 Å². The first kappa shape index (κ1) is 9.21. The summed E-state index contributed by atoms with van der Waals surface area (Å²) in [6.45, 7) is 0. The van der Waals surface area contributed by atoms with E-state index in [1.54, 1.807) is 12.1 Å². The van der Waals surface area contributed by atoms with Gasteiger partial charge in [-0.25, -0.2) is 0 Å². The van der Waals surface area contributed by atoms with E-state index in [1.807, 2.05) is 0 Å². The number of carbonyl (C=O) groups excluding carboxylic acids is 1. The molecule has 0 bridgehead atoms. The number of ketones is 1. The number of rotatable bonds is 0. The summed E-state index contributed by atoms with van der Waals surface area (Å²) in [5.41, 5.74) is 1.39. The van der Waals surface area contributed by atoms with E-state index in [4.69, 9.17) is 0 Å². The van der Waals surface area contributed by atoms with Gasteiger partial charge in [-0.1, -0.05) is 0 Å². The molecule has 0 radical (unpaired) electrons. The van der Waals surface area contributed by atoms with E-state index in [-0.39, 0.29) is 11.5 Å². The first-order valence-corrected chi connectivity index (χ1v) is 4.72. The monoisotopic (exact) mass is 192 g/mol. The van der Waals surface area contributed by atoms with Crippen molar-refractivity contribution in [3.8, 4) is 5.75 Å². The molecule has 1 aliphatic rings. The average molecular weight is 192 g/mol. The summed E-state index contributed by atoms with van der Waals surface area (Å²) in [7, 11) is 0. The smallest absolute Gasteiger partial charge is 0.191 e. The van der Waals surface area contributed by atoms with E-state index in [9.17, 15) is 15.0 Å². The molecule has 3 heteroatoms. The van der Waals surface area contributed by atoms with Crippen molar-refractivity contribution >= 4 is 5.78 Å². The minimum atomic E-state index is -0.874. The number of hydrogen-bond acceptors (Lipinski definition) is 3. The van der Waals surface area contributed by atoms with Gasteiger partial charge in [0.15, 0.2) is 5.78 Å². The maximum Gasteiger partial charge on any atom is 0.191 e. The molecule has 0 aromatic heterocycles. The zero-order valence-electron chi connectivity index (χ0n) is 7.73. The molecule has 2 N–H and O–H groups in total. The van der Waals surface area contributed by atoms with E-state index >= 15 is 0 Å². The maximum absolute atomic E-state index is 11.6. The van der Waals surface area contributed by atoms with Crippen LogP contribution in [0.5, 0.6) is 5.75 Å². The molecular formula is C11H12O3. The Labute approximate surface area is 82.0 Å². The zero-order chi connectivity index (χ0) is 10.1. The lowest BCUT2D eigenvalue weighted by Crippen LogP contribution is -2.18. The lowest BCUT2D eigenvalue weighted by molar-refractivity contribution is 0.0735. The lowest BCUT2D eigenvalue weighted by Gasteiger charge is -2.06. The number of phenols is 1. The van der Waals surface area contributed by atoms with Gasteiger partial charge in [0.05, 0.1) is 0 Å². The number of carbonyl (C=O) groups is 1. The Morgan fingerprint density at radius 2 is 2.14 bits per heavy atom. The summed E-state index contributed by atoms with van der Waals surface area (Å²) in [6.07, 6.45) is 1.16. The molecule has 14 heavy (non-hydrogen) atoms. The fourth-order valence-corrected chi connectivity index (χ4v) is 1.82. The zero-order valence-corrected chi connectivity index (χ0v) is 7.73. The fraction of sp³-hybridized carbons (Fsp3) is 0.364. The van der Waals surface area contributed by atoms with E-state index in [0.717, 1.165) is 18.4 Å². The number of Topliss-reactive ketones (excluding diaryl/α,β-unsaturated/α-hetero) is 1. The van der Waals surface area contributed by atoms with Gasteiger partial charge in [-0.05, 0) is 43.0 Å². The highest BCUT2D eigenvalue weighted by Gasteiger charge is 2.23. The van der Waals surface area contributed by atoms with Crippen LogP contribution in [0.1, 0.15) is 28.8 Å². The quantitative estimate of drug-likeness (QED) is 0.608. The highest BCUT2D eigenvalue weighted by molar-refractivity contribution is 6.01. The van der Waals surface area contributed by atoms with Gasteiger partial charge in [0, 0.05) is 5.56 Å². The molecule has 1 aromatic carbocycles. The third-order valence-corrected chi connectivity index (χ3v) is 2.58. The van der Waals surface area contributed by atoms with Gasteiger partial charge in [-0.3, -0.25) is 4.79 Å². The van der Waals surface area contributed by atoms with Gasteiger partial charge in [0.2, 0.25) is 0 Å². The highest BCUT2D eigenvalue weighted by atomic mass is 16.3. The molecule has 1 unspecified atom stereocenters. The SMILES string of the molecule is O=C1c2ccc(O)cc2CCCC1O. The molecule has 0 amide bonds. The molecule has 0 aliphatic heterocycles. The lowest BCUT2D eigenvalue weighted by atomic mass is 10.0. The van der Waals surface area contributed by atoms with Crippen LogP contribution in [0.3, 0.4) is 0 Å². The number of fused-ring (bicyclic) bond motifs is 1. The van der Waals surface area contributed by atoms with Crippen LogP contribution in [0.2, 0.25) is 0 Å². The van der Waals surface area contributed by atoms with E-state index < -0.39 is 6.10 Å². The molecular weight excluding hydrogens is 180 g/mol. The second-order valence-corrected chi connectivity index (χ2v) is 3.61. The minimum Gasteiger partial charge on any atom is -0.508 e. The fourth-order valence-electron chi connectivity index (χ4n) is 1.82. The predicted molar refractivity (Wildman–Crippen MR) is 51.4 cm³/mol. The van der Waals surface area contributed by atoms with Crippen molar-refractivity contribution in [3.05, 3.63) is 29.3 Å². The van der Waals surface area contributed by atoms with Gasteiger partial charge >= 0.3 is 0 Å². The second kappa shape index (κ2) is 3.42. The van der Waals surface area contributed by atoms with E-state index in [2.05, 4.69) is 0 Å². The standard InChI is InChI=1S/C11H12O3/c12-8-4-5-9-7(6-8)2-1-3-10(13)11(9)14/h4-6,10,12-13H,1-3H2. The van der Waals surface area contributed by atoms with Crippen LogP contribution < -0.4 is 0 Å². The largest absolute Gasteiger partial charge is 0.508 e. The molecule has 74 valence electrons. The first-order valence-electron chi connectivity index (χ1n) is 4.72. The number of aliphatic hydroxyl groups excluding tert-OH is 1. The number of aromatic hydroxyl groups is 1. The van der Waals surface area contributed by atoms with Crippen LogP contribution >= 0.6 is 0 Å². The Balaban J connectivity index is 2.48. The van der Waals surface area contributed by atoms with Crippen LogP contribution in [0.15, 0.2) is 18.2 Å². The Morgan fingerprint density at radius 1 is 1.36 bits per heavy atom. The highest BCUT2D eigenvalue weighted by Crippen LogP contribution is 2.24. The molecule has 3 nitrogen and oxygen atoms in total. The van der Waals surface area contributed by atoms with Gasteiger partial charge in [0.1, 0.15) is 11.9 Å². The normalized spacial score (nSPS) is 21.5. The summed E-state index contributed by atoms with van der Waals surface area (Å²) in [5, 5.41) is 18.7. The van der Waals surface area contributed by atoms with Gasteiger partial charge < -0.3 is 10.2 Å². The Hall–Kier alpha value is -1.35. The van der Waals surface area contributed by atoms with Crippen molar-refractivity contribution in [1.29, 1.82) is 0 Å². The second-order valence-electron chi connectivity index (χ2n) is 3.61. The summed E-state index contributed by atoms with van der Waals surface area (Å²) < 4.78 is 0. The van der Waals surface area contributed by atoms with E-state index in [1.165, 1.54) is 6.07 Å². The van der Waals surface area contributed by atoms with Crippen LogP contribution in [-0.4, -0.2) is 22.1 Å². The maximum atomic E-state index is 11.6. The first-order chi connectivity index (χ1) is 6.68. The van der Waals surface area contributed by atoms with Crippen molar-refractivity contribution in [2.75, 3.05) is 0 Å². The number of benzene rings is 1. The number of phenolic OH excluding ortho intramolecular Hbond substituents is 1. The molecule has 0 saturated heterocycles. The third kappa shape index (κ3) is 1.51. The van der Waals surface area contributed by atoms with Crippen molar-refractivity contribution in [2.24, 2.45) is 0 Å². The molecule has 0 heterocycles. The Morgan fingerprint density at radius 3 is 2.93 bits per heavy atom. The van der Waals surface area contributed by atoms with Crippen LogP contribution in [0.4, 0.5) is 0 Å². The number of aryl methyl sites for hydroxylation is 1. The van der Waals surface area contributed by atoms with Crippen LogP contribution in [0.25, 0.3) is 0 Å². The Kier molecular flexibility index (Phi) is 2.25. The predicted octanol–water partition coefficient (Wildman–Crippen LogP) is 1.27. The third-order valence-electron chi connectivity index (χ3n) is 2.58. The summed E-state index contributed by atoms with van der Waals surface area (Å²) in [4.78, 5) is 11.6. The van der Waals surface area contributed by atoms with Gasteiger partial charge in [-0.2, -0.15) is 0 Å². The number of hydrogen-bond donors (Lipinski definition) is 2. The molecule has 0 fully saturated rings. The molecule has 1 aromatic rings. The molecule has 2 rings (SSSR count).